The Labute approximate surface area is 167 Å². The van der Waals surface area contributed by atoms with Crippen LogP contribution in [0.3, 0.4) is 0 Å². The van der Waals surface area contributed by atoms with Gasteiger partial charge in [-0.05, 0) is 61.5 Å². The number of halogens is 2. The zero-order valence-corrected chi connectivity index (χ0v) is 16.1. The van der Waals surface area contributed by atoms with Crippen LogP contribution in [0.15, 0.2) is 73.1 Å². The van der Waals surface area contributed by atoms with E-state index in [2.05, 4.69) is 5.32 Å². The summed E-state index contributed by atoms with van der Waals surface area (Å²) < 4.78 is 15.0. The van der Waals surface area contributed by atoms with Crippen molar-refractivity contribution < 1.29 is 14.1 Å². The number of rotatable bonds is 4. The van der Waals surface area contributed by atoms with Crippen LogP contribution in [-0.4, -0.2) is 10.1 Å². The molecule has 1 heterocycles. The van der Waals surface area contributed by atoms with Crippen LogP contribution in [0.25, 0.3) is 11.5 Å². The van der Waals surface area contributed by atoms with E-state index in [9.17, 15) is 9.50 Å². The van der Waals surface area contributed by atoms with Gasteiger partial charge in [-0.25, -0.2) is 4.39 Å². The third-order valence-electron chi connectivity index (χ3n) is 3.87. The summed E-state index contributed by atoms with van der Waals surface area (Å²) in [5, 5.41) is 14.6. The Balaban J connectivity index is 2.06. The summed E-state index contributed by atoms with van der Waals surface area (Å²) in [6, 6.07) is 16.5. The average Bonchev–Trinajstić information content (AvgIpc) is 2.64. The first-order chi connectivity index (χ1) is 12.9. The number of benzene rings is 2. The molecule has 27 heavy (non-hydrogen) atoms. The van der Waals surface area contributed by atoms with Crippen LogP contribution in [0, 0.1) is 12.7 Å². The van der Waals surface area contributed by atoms with E-state index in [1.165, 1.54) is 24.3 Å². The molecule has 2 N–H and O–H groups in total. The molecule has 0 amide bonds. The highest BCUT2D eigenvalue weighted by atomic mass is 35.5. The van der Waals surface area contributed by atoms with E-state index in [0.717, 1.165) is 11.3 Å². The lowest BCUT2D eigenvalue weighted by Crippen LogP contribution is -2.38. The number of thiocarbonyl (C=S) groups is 1. The van der Waals surface area contributed by atoms with Crippen LogP contribution in [0.1, 0.15) is 11.1 Å². The molecule has 3 rings (SSSR count). The predicted molar refractivity (Wildman–Crippen MR) is 111 cm³/mol. The minimum absolute atomic E-state index is 0.0583. The number of aryl methyl sites for hydroxylation is 1. The van der Waals surface area contributed by atoms with Gasteiger partial charge in [0.2, 0.25) is 0 Å². The molecular formula is C21H17ClFN2OS+. The summed E-state index contributed by atoms with van der Waals surface area (Å²) in [6.45, 7) is 1.94. The quantitative estimate of drug-likeness (QED) is 0.267. The summed E-state index contributed by atoms with van der Waals surface area (Å²) in [4.78, 5) is 0.315. The summed E-state index contributed by atoms with van der Waals surface area (Å²) in [5.74, 6) is -0.435. The van der Waals surface area contributed by atoms with Crippen molar-refractivity contribution in [2.24, 2.45) is 0 Å². The first-order valence-electron chi connectivity index (χ1n) is 8.18. The van der Waals surface area contributed by atoms with Crippen LogP contribution >= 0.6 is 23.8 Å². The van der Waals surface area contributed by atoms with Crippen molar-refractivity contribution in [3.8, 4) is 0 Å². The second-order valence-corrected chi connectivity index (χ2v) is 6.80. The van der Waals surface area contributed by atoms with E-state index in [1.54, 1.807) is 35.0 Å². The van der Waals surface area contributed by atoms with Crippen molar-refractivity contribution in [2.75, 3.05) is 5.32 Å². The fourth-order valence-electron chi connectivity index (χ4n) is 2.55. The lowest BCUT2D eigenvalue weighted by atomic mass is 10.1. The molecule has 0 saturated carbocycles. The van der Waals surface area contributed by atoms with Crippen LogP contribution in [0.5, 0.6) is 0 Å². The minimum Gasteiger partial charge on any atom is -0.502 e. The number of hydrogen-bond acceptors (Lipinski definition) is 2. The van der Waals surface area contributed by atoms with Gasteiger partial charge >= 0.3 is 0 Å². The van der Waals surface area contributed by atoms with Crippen LogP contribution in [-0.2, 0) is 0 Å². The monoisotopic (exact) mass is 399 g/mol. The first-order valence-corrected chi connectivity index (χ1v) is 8.97. The Bertz CT molecular complexity index is 1000. The van der Waals surface area contributed by atoms with Crippen LogP contribution in [0.2, 0.25) is 5.02 Å². The molecule has 0 radical (unpaired) electrons. The molecule has 0 aliphatic carbocycles. The molecule has 0 aliphatic rings. The zero-order chi connectivity index (χ0) is 19.4. The zero-order valence-electron chi connectivity index (χ0n) is 14.5. The minimum atomic E-state index is -0.377. The van der Waals surface area contributed by atoms with Crippen molar-refractivity contribution in [3.63, 3.8) is 0 Å². The van der Waals surface area contributed by atoms with E-state index in [0.29, 0.717) is 21.3 Å². The highest BCUT2D eigenvalue weighted by Gasteiger charge is 2.24. The molecule has 0 atom stereocenters. The third kappa shape index (κ3) is 4.70. The van der Waals surface area contributed by atoms with E-state index in [-0.39, 0.29) is 11.6 Å². The van der Waals surface area contributed by atoms with E-state index in [4.69, 9.17) is 23.8 Å². The summed E-state index contributed by atoms with van der Waals surface area (Å²) in [7, 11) is 0. The number of aliphatic hydroxyl groups excluding tert-OH is 1. The molecule has 0 bridgehead atoms. The van der Waals surface area contributed by atoms with Crippen molar-refractivity contribution in [1.82, 2.24) is 0 Å². The number of anilines is 1. The molecule has 0 aliphatic heterocycles. The fraction of sp³-hybridized carbons (Fsp3) is 0.0476. The van der Waals surface area contributed by atoms with Gasteiger partial charge < -0.3 is 10.4 Å². The molecule has 0 fully saturated rings. The standard InChI is InChI=1S/C21H16ClFN2OS/c1-14-3-2-12-25(13-14)19(20(26)15-4-8-17(23)9-5-15)21(27)24-18-10-6-16(22)7-11-18/h2-13H,1H3,(H-,24,26,27)/p+1. The van der Waals surface area contributed by atoms with Crippen molar-refractivity contribution in [1.29, 1.82) is 0 Å². The van der Waals surface area contributed by atoms with E-state index >= 15 is 0 Å². The first kappa shape index (κ1) is 19.0. The topological polar surface area (TPSA) is 36.1 Å². The summed E-state index contributed by atoms with van der Waals surface area (Å²) >= 11 is 11.5. The van der Waals surface area contributed by atoms with Crippen LogP contribution < -0.4 is 9.88 Å². The maximum absolute atomic E-state index is 13.3. The maximum atomic E-state index is 13.3. The fourth-order valence-corrected chi connectivity index (χ4v) is 2.99. The van der Waals surface area contributed by atoms with Gasteiger partial charge in [-0.15, -0.1) is 0 Å². The third-order valence-corrected chi connectivity index (χ3v) is 4.41. The Morgan fingerprint density at radius 3 is 2.37 bits per heavy atom. The largest absolute Gasteiger partial charge is 0.502 e. The smallest absolute Gasteiger partial charge is 0.288 e. The number of pyridine rings is 1. The van der Waals surface area contributed by atoms with E-state index < -0.39 is 0 Å². The summed E-state index contributed by atoms with van der Waals surface area (Å²) in [5.41, 5.74) is 2.58. The SMILES string of the molecule is Cc1ccc[n+](C(C(=S)Nc2ccc(Cl)cc2)=C(O)c2ccc(F)cc2)c1. The van der Waals surface area contributed by atoms with Gasteiger partial charge in [0.25, 0.3) is 5.70 Å². The van der Waals surface area contributed by atoms with Gasteiger partial charge in [0.1, 0.15) is 5.82 Å². The van der Waals surface area contributed by atoms with Gasteiger partial charge in [-0.3, -0.25) is 0 Å². The van der Waals surface area contributed by atoms with Gasteiger partial charge in [0.05, 0.1) is 0 Å². The molecule has 0 unspecified atom stereocenters. The van der Waals surface area contributed by atoms with Gasteiger partial charge in [-0.1, -0.05) is 23.8 Å². The normalized spacial score (nSPS) is 11.7. The van der Waals surface area contributed by atoms with Gasteiger partial charge in [-0.2, -0.15) is 4.57 Å². The lowest BCUT2D eigenvalue weighted by molar-refractivity contribution is -0.576. The summed E-state index contributed by atoms with van der Waals surface area (Å²) in [6.07, 6.45) is 3.64. The predicted octanol–water partition coefficient (Wildman–Crippen LogP) is 5.40. The van der Waals surface area contributed by atoms with Gasteiger partial charge in [0.15, 0.2) is 23.1 Å². The lowest BCUT2D eigenvalue weighted by Gasteiger charge is -2.10. The van der Waals surface area contributed by atoms with Gasteiger partial charge in [0, 0.05) is 27.9 Å². The number of hydrogen-bond donors (Lipinski definition) is 2. The molecule has 3 nitrogen and oxygen atoms in total. The van der Waals surface area contributed by atoms with Crippen LogP contribution in [0.4, 0.5) is 10.1 Å². The van der Waals surface area contributed by atoms with Crippen molar-refractivity contribution in [2.45, 2.75) is 6.92 Å². The molecule has 6 heteroatoms. The van der Waals surface area contributed by atoms with Crippen molar-refractivity contribution in [3.05, 3.63) is 95.0 Å². The Morgan fingerprint density at radius 1 is 1.07 bits per heavy atom. The molecule has 2 aromatic carbocycles. The highest BCUT2D eigenvalue weighted by molar-refractivity contribution is 7.81. The maximum Gasteiger partial charge on any atom is 0.288 e. The molecule has 0 spiro atoms. The molecular weight excluding hydrogens is 383 g/mol. The molecule has 1 aromatic heterocycles. The number of aromatic nitrogens is 1. The second-order valence-electron chi connectivity index (χ2n) is 5.95. The van der Waals surface area contributed by atoms with E-state index in [1.807, 2.05) is 25.3 Å². The second kappa shape index (κ2) is 8.29. The molecule has 0 saturated heterocycles. The highest BCUT2D eigenvalue weighted by Crippen LogP contribution is 2.20. The number of aliphatic hydroxyl groups is 1. The Morgan fingerprint density at radius 2 is 1.74 bits per heavy atom. The average molecular weight is 400 g/mol. The Kier molecular flexibility index (Phi) is 5.84. The molecule has 3 aromatic rings. The van der Waals surface area contributed by atoms with Crippen molar-refractivity contribution >= 4 is 46.0 Å². The number of nitrogens with zero attached hydrogens (tertiary/aromatic N) is 1. The molecule has 136 valence electrons. The Hall–Kier alpha value is -2.76. The number of nitrogens with one attached hydrogen (secondary N) is 1.